The fourth-order valence-corrected chi connectivity index (χ4v) is 2.81. The molecule has 2 atom stereocenters. The molecule has 0 aliphatic heterocycles. The summed E-state index contributed by atoms with van der Waals surface area (Å²) in [7, 11) is -0.756. The van der Waals surface area contributed by atoms with Crippen molar-refractivity contribution in [3.05, 3.63) is 0 Å². The molecular formula is C10H21NO2S. The van der Waals surface area contributed by atoms with Gasteiger partial charge in [-0.3, -0.25) is 4.21 Å². The van der Waals surface area contributed by atoms with E-state index in [1.54, 1.807) is 6.26 Å². The molecule has 1 saturated carbocycles. The minimum Gasteiger partial charge on any atom is -0.389 e. The standard InChI is InChI=1S/C10H21NO2S/c1-9(7-14(2)13)11-8-10(12)5-3-4-6-10/h9,11-12H,3-8H2,1-2H3. The van der Waals surface area contributed by atoms with Crippen molar-refractivity contribution in [1.82, 2.24) is 5.32 Å². The Morgan fingerprint density at radius 2 is 2.07 bits per heavy atom. The van der Waals surface area contributed by atoms with E-state index in [9.17, 15) is 9.32 Å². The van der Waals surface area contributed by atoms with Crippen LogP contribution in [0.2, 0.25) is 0 Å². The summed E-state index contributed by atoms with van der Waals surface area (Å²) >= 11 is 0. The Labute approximate surface area is 88.7 Å². The number of hydrogen-bond acceptors (Lipinski definition) is 3. The van der Waals surface area contributed by atoms with Crippen molar-refractivity contribution < 1.29 is 9.32 Å². The topological polar surface area (TPSA) is 49.3 Å². The molecule has 1 aliphatic rings. The van der Waals surface area contributed by atoms with Crippen LogP contribution in [0.5, 0.6) is 0 Å². The fraction of sp³-hybridized carbons (Fsp3) is 1.00. The van der Waals surface area contributed by atoms with Crippen LogP contribution in [-0.2, 0) is 10.8 Å². The molecule has 0 spiro atoms. The second kappa shape index (κ2) is 5.24. The molecule has 0 heterocycles. The van der Waals surface area contributed by atoms with E-state index in [-0.39, 0.29) is 6.04 Å². The van der Waals surface area contributed by atoms with E-state index in [1.165, 1.54) is 0 Å². The largest absolute Gasteiger partial charge is 0.389 e. The summed E-state index contributed by atoms with van der Waals surface area (Å²) < 4.78 is 10.9. The predicted octanol–water partition coefficient (Wildman–Crippen LogP) is 0.648. The summed E-state index contributed by atoms with van der Waals surface area (Å²) in [6, 6.07) is 0.227. The lowest BCUT2D eigenvalue weighted by molar-refractivity contribution is 0.0460. The highest BCUT2D eigenvalue weighted by Gasteiger charge is 2.30. The highest BCUT2D eigenvalue weighted by Crippen LogP contribution is 2.28. The van der Waals surface area contributed by atoms with Crippen LogP contribution < -0.4 is 5.32 Å². The molecule has 1 aliphatic carbocycles. The van der Waals surface area contributed by atoms with Crippen LogP contribution >= 0.6 is 0 Å². The highest BCUT2D eigenvalue weighted by atomic mass is 32.2. The zero-order valence-electron chi connectivity index (χ0n) is 9.08. The third-order valence-electron chi connectivity index (χ3n) is 2.80. The van der Waals surface area contributed by atoms with Crippen LogP contribution in [0, 0.1) is 0 Å². The lowest BCUT2D eigenvalue weighted by Gasteiger charge is -2.24. The maximum atomic E-state index is 10.9. The lowest BCUT2D eigenvalue weighted by atomic mass is 10.0. The smallest absolute Gasteiger partial charge is 0.0771 e. The minimum atomic E-state index is -0.756. The highest BCUT2D eigenvalue weighted by molar-refractivity contribution is 7.84. The van der Waals surface area contributed by atoms with E-state index in [0.29, 0.717) is 12.3 Å². The average Bonchev–Trinajstić information content (AvgIpc) is 2.49. The van der Waals surface area contributed by atoms with Crippen LogP contribution in [0.3, 0.4) is 0 Å². The molecule has 2 unspecified atom stereocenters. The van der Waals surface area contributed by atoms with Gasteiger partial charge in [-0.2, -0.15) is 0 Å². The Hall–Kier alpha value is 0.0700. The molecule has 3 nitrogen and oxygen atoms in total. The zero-order valence-corrected chi connectivity index (χ0v) is 9.90. The summed E-state index contributed by atoms with van der Waals surface area (Å²) in [4.78, 5) is 0. The molecule has 0 aromatic carbocycles. The van der Waals surface area contributed by atoms with Gasteiger partial charge in [0.2, 0.25) is 0 Å². The molecule has 0 bridgehead atoms. The Morgan fingerprint density at radius 1 is 1.50 bits per heavy atom. The molecule has 2 N–H and O–H groups in total. The van der Waals surface area contributed by atoms with E-state index < -0.39 is 16.4 Å². The van der Waals surface area contributed by atoms with Gasteiger partial charge in [-0.1, -0.05) is 12.8 Å². The number of nitrogens with one attached hydrogen (secondary N) is 1. The lowest BCUT2D eigenvalue weighted by Crippen LogP contribution is -2.43. The molecule has 0 amide bonds. The summed E-state index contributed by atoms with van der Waals surface area (Å²) in [5.41, 5.74) is -0.497. The summed E-state index contributed by atoms with van der Waals surface area (Å²) in [6.45, 7) is 2.66. The maximum Gasteiger partial charge on any atom is 0.0771 e. The van der Waals surface area contributed by atoms with Crippen molar-refractivity contribution in [2.75, 3.05) is 18.6 Å². The molecule has 1 rings (SSSR count). The van der Waals surface area contributed by atoms with Gasteiger partial charge < -0.3 is 10.4 Å². The third-order valence-corrected chi connectivity index (χ3v) is 3.77. The SMILES string of the molecule is CC(CS(C)=O)NCC1(O)CCCC1. The first kappa shape index (κ1) is 12.1. The first-order valence-electron chi connectivity index (χ1n) is 5.28. The van der Waals surface area contributed by atoms with Crippen LogP contribution in [0.1, 0.15) is 32.6 Å². The van der Waals surface area contributed by atoms with E-state index in [2.05, 4.69) is 5.32 Å². The van der Waals surface area contributed by atoms with Gasteiger partial charge in [0.25, 0.3) is 0 Å². The van der Waals surface area contributed by atoms with Crippen molar-refractivity contribution in [3.8, 4) is 0 Å². The monoisotopic (exact) mass is 219 g/mol. The van der Waals surface area contributed by atoms with Gasteiger partial charge in [0.1, 0.15) is 0 Å². The molecule has 14 heavy (non-hydrogen) atoms. The third kappa shape index (κ3) is 4.07. The molecule has 1 fully saturated rings. The van der Waals surface area contributed by atoms with Gasteiger partial charge >= 0.3 is 0 Å². The predicted molar refractivity (Wildman–Crippen MR) is 59.8 cm³/mol. The normalized spacial score (nSPS) is 24.8. The van der Waals surface area contributed by atoms with Crippen molar-refractivity contribution >= 4 is 10.8 Å². The summed E-state index contributed by atoms with van der Waals surface area (Å²) in [5.74, 6) is 0.663. The molecule has 0 aromatic rings. The minimum absolute atomic E-state index is 0.227. The Kier molecular flexibility index (Phi) is 4.54. The van der Waals surface area contributed by atoms with Crippen molar-refractivity contribution in [1.29, 1.82) is 0 Å². The first-order valence-corrected chi connectivity index (χ1v) is 7.00. The fourth-order valence-electron chi connectivity index (χ4n) is 1.99. The molecular weight excluding hydrogens is 198 g/mol. The molecule has 0 radical (unpaired) electrons. The van der Waals surface area contributed by atoms with E-state index >= 15 is 0 Å². The van der Waals surface area contributed by atoms with Crippen molar-refractivity contribution in [2.24, 2.45) is 0 Å². The van der Waals surface area contributed by atoms with Gasteiger partial charge in [-0.25, -0.2) is 0 Å². The zero-order chi connectivity index (χ0) is 10.6. The van der Waals surface area contributed by atoms with E-state index in [0.717, 1.165) is 25.7 Å². The van der Waals surface area contributed by atoms with Crippen molar-refractivity contribution in [3.63, 3.8) is 0 Å². The Morgan fingerprint density at radius 3 is 2.57 bits per heavy atom. The van der Waals surface area contributed by atoms with Gasteiger partial charge in [0.15, 0.2) is 0 Å². The maximum absolute atomic E-state index is 10.9. The molecule has 0 aromatic heterocycles. The van der Waals surface area contributed by atoms with Crippen LogP contribution in [0.15, 0.2) is 0 Å². The van der Waals surface area contributed by atoms with E-state index in [1.807, 2.05) is 6.92 Å². The number of hydrogen-bond donors (Lipinski definition) is 2. The molecule has 0 saturated heterocycles. The van der Waals surface area contributed by atoms with Gasteiger partial charge in [0, 0.05) is 35.4 Å². The van der Waals surface area contributed by atoms with Gasteiger partial charge in [-0.15, -0.1) is 0 Å². The van der Waals surface area contributed by atoms with E-state index in [4.69, 9.17) is 0 Å². The molecule has 4 heteroatoms. The summed E-state index contributed by atoms with van der Waals surface area (Å²) in [6.07, 6.45) is 5.78. The van der Waals surface area contributed by atoms with Crippen LogP contribution in [0.25, 0.3) is 0 Å². The Balaban J connectivity index is 2.22. The van der Waals surface area contributed by atoms with Crippen molar-refractivity contribution in [2.45, 2.75) is 44.2 Å². The molecule has 84 valence electrons. The second-order valence-electron chi connectivity index (χ2n) is 4.45. The first-order chi connectivity index (χ1) is 6.52. The summed E-state index contributed by atoms with van der Waals surface area (Å²) in [5, 5.41) is 13.3. The Bertz CT molecular complexity index is 202. The van der Waals surface area contributed by atoms with Crippen LogP contribution in [0.4, 0.5) is 0 Å². The van der Waals surface area contributed by atoms with Crippen LogP contribution in [-0.4, -0.2) is 39.5 Å². The number of aliphatic hydroxyl groups is 1. The van der Waals surface area contributed by atoms with Gasteiger partial charge in [0.05, 0.1) is 5.60 Å². The second-order valence-corrected chi connectivity index (χ2v) is 5.93. The number of rotatable bonds is 5. The van der Waals surface area contributed by atoms with Gasteiger partial charge in [-0.05, 0) is 19.8 Å². The average molecular weight is 219 g/mol. The quantitative estimate of drug-likeness (QED) is 0.714.